The minimum Gasteiger partial charge on any atom is -0.335 e. The van der Waals surface area contributed by atoms with Gasteiger partial charge < -0.3 is 4.90 Å². The molecule has 132 valence electrons. The van der Waals surface area contributed by atoms with Crippen LogP contribution in [0.15, 0.2) is 79.6 Å². The topological polar surface area (TPSA) is 38.1 Å². The number of carbonyl (C=O) groups is 1. The van der Waals surface area contributed by atoms with Crippen LogP contribution in [0.4, 0.5) is 0 Å². The fourth-order valence-electron chi connectivity index (χ4n) is 2.72. The Bertz CT molecular complexity index is 889. The molecule has 4 nitrogen and oxygen atoms in total. The molecule has 1 amide bonds. The molecule has 0 spiro atoms. The van der Waals surface area contributed by atoms with Gasteiger partial charge in [0.1, 0.15) is 0 Å². The van der Waals surface area contributed by atoms with Crippen LogP contribution in [-0.4, -0.2) is 33.7 Å². The van der Waals surface area contributed by atoms with Gasteiger partial charge in [0, 0.05) is 24.3 Å². The lowest BCUT2D eigenvalue weighted by molar-refractivity contribution is 0.0775. The van der Waals surface area contributed by atoms with Crippen LogP contribution in [0.3, 0.4) is 0 Å². The highest BCUT2D eigenvalue weighted by Crippen LogP contribution is 2.15. The van der Waals surface area contributed by atoms with Crippen molar-refractivity contribution in [3.63, 3.8) is 0 Å². The van der Waals surface area contributed by atoms with Crippen LogP contribution in [0, 0.1) is 0 Å². The van der Waals surface area contributed by atoms with Crippen LogP contribution in [0.1, 0.15) is 15.9 Å². The van der Waals surface area contributed by atoms with E-state index in [2.05, 4.69) is 23.8 Å². The summed E-state index contributed by atoms with van der Waals surface area (Å²) < 4.78 is 1.66. The third-order valence-electron chi connectivity index (χ3n) is 4.05. The normalized spacial score (nSPS) is 10.5. The largest absolute Gasteiger partial charge is 0.335 e. The molecule has 1 heterocycles. The van der Waals surface area contributed by atoms with Crippen molar-refractivity contribution in [2.45, 2.75) is 6.42 Å². The van der Waals surface area contributed by atoms with Crippen molar-refractivity contribution in [1.29, 1.82) is 0 Å². The number of benzene rings is 2. The zero-order valence-electron chi connectivity index (χ0n) is 14.4. The van der Waals surface area contributed by atoms with E-state index in [9.17, 15) is 4.79 Å². The molecule has 0 saturated heterocycles. The highest BCUT2D eigenvalue weighted by atomic mass is 35.5. The first-order valence-corrected chi connectivity index (χ1v) is 8.80. The number of halogens is 1. The maximum absolute atomic E-state index is 12.9. The van der Waals surface area contributed by atoms with Crippen LogP contribution in [-0.2, 0) is 6.42 Å². The molecule has 1 aromatic heterocycles. The van der Waals surface area contributed by atoms with Crippen LogP contribution >= 0.6 is 11.6 Å². The lowest BCUT2D eigenvalue weighted by Gasteiger charge is -2.20. The first-order chi connectivity index (χ1) is 12.7. The number of hydrogen-bond acceptors (Lipinski definition) is 2. The summed E-state index contributed by atoms with van der Waals surface area (Å²) in [6.07, 6.45) is 5.85. The molecule has 3 rings (SSSR count). The molecule has 0 N–H and O–H groups in total. The zero-order chi connectivity index (χ0) is 18.4. The van der Waals surface area contributed by atoms with Crippen molar-refractivity contribution in [3.8, 4) is 5.69 Å². The Kier molecular flexibility index (Phi) is 5.87. The number of amides is 1. The minimum absolute atomic E-state index is 0.0610. The Morgan fingerprint density at radius 3 is 2.73 bits per heavy atom. The van der Waals surface area contributed by atoms with E-state index in [1.165, 1.54) is 5.56 Å². The zero-order valence-corrected chi connectivity index (χ0v) is 15.1. The molecule has 0 fully saturated rings. The van der Waals surface area contributed by atoms with Gasteiger partial charge in [-0.2, -0.15) is 5.10 Å². The Balaban J connectivity index is 1.74. The van der Waals surface area contributed by atoms with Gasteiger partial charge >= 0.3 is 0 Å². The maximum atomic E-state index is 12.9. The first kappa shape index (κ1) is 18.0. The molecule has 26 heavy (non-hydrogen) atoms. The van der Waals surface area contributed by atoms with Crippen molar-refractivity contribution < 1.29 is 4.79 Å². The second-order valence-corrected chi connectivity index (χ2v) is 6.37. The van der Waals surface area contributed by atoms with Crippen LogP contribution in [0.25, 0.3) is 5.69 Å². The Labute approximate surface area is 158 Å². The Morgan fingerprint density at radius 2 is 2.00 bits per heavy atom. The predicted molar refractivity (Wildman–Crippen MR) is 105 cm³/mol. The van der Waals surface area contributed by atoms with E-state index >= 15 is 0 Å². The average molecular weight is 366 g/mol. The summed E-state index contributed by atoms with van der Waals surface area (Å²) in [6.45, 7) is 4.88. The molecule has 0 aliphatic carbocycles. The van der Waals surface area contributed by atoms with Gasteiger partial charge in [0.25, 0.3) is 5.91 Å². The second kappa shape index (κ2) is 8.50. The van der Waals surface area contributed by atoms with Gasteiger partial charge in [0.05, 0.1) is 17.4 Å². The molecule has 2 aromatic carbocycles. The molecule has 0 aliphatic heterocycles. The summed E-state index contributed by atoms with van der Waals surface area (Å²) in [5.74, 6) is -0.0610. The lowest BCUT2D eigenvalue weighted by atomic mass is 10.1. The third-order valence-corrected chi connectivity index (χ3v) is 4.29. The molecular formula is C21H20ClN3O. The van der Waals surface area contributed by atoms with Gasteiger partial charge in [0.15, 0.2) is 0 Å². The molecule has 5 heteroatoms. The molecule has 0 aliphatic rings. The third kappa shape index (κ3) is 4.41. The minimum atomic E-state index is -0.0610. The van der Waals surface area contributed by atoms with E-state index < -0.39 is 0 Å². The number of nitrogens with zero attached hydrogens (tertiary/aromatic N) is 3. The monoisotopic (exact) mass is 365 g/mol. The van der Waals surface area contributed by atoms with E-state index in [0.717, 1.165) is 12.1 Å². The van der Waals surface area contributed by atoms with Crippen molar-refractivity contribution >= 4 is 17.5 Å². The summed E-state index contributed by atoms with van der Waals surface area (Å²) in [4.78, 5) is 14.6. The SMILES string of the molecule is C=CCN(CCc1ccccc1)C(=O)c1cnn(-c2cccc(Cl)c2)c1. The van der Waals surface area contributed by atoms with E-state index in [1.54, 1.807) is 40.2 Å². The fourth-order valence-corrected chi connectivity index (χ4v) is 2.90. The number of hydrogen-bond donors (Lipinski definition) is 0. The molecule has 3 aromatic rings. The molecule has 0 atom stereocenters. The van der Waals surface area contributed by atoms with Gasteiger partial charge in [0.2, 0.25) is 0 Å². The lowest BCUT2D eigenvalue weighted by Crippen LogP contribution is -2.32. The second-order valence-electron chi connectivity index (χ2n) is 5.93. The van der Waals surface area contributed by atoms with Crippen LogP contribution in [0.5, 0.6) is 0 Å². The Morgan fingerprint density at radius 1 is 1.19 bits per heavy atom. The highest BCUT2D eigenvalue weighted by molar-refractivity contribution is 6.30. The summed E-state index contributed by atoms with van der Waals surface area (Å²) in [7, 11) is 0. The molecule has 0 radical (unpaired) electrons. The predicted octanol–water partition coefficient (Wildman–Crippen LogP) is 4.40. The van der Waals surface area contributed by atoms with Gasteiger partial charge in [-0.25, -0.2) is 4.68 Å². The van der Waals surface area contributed by atoms with Crippen molar-refractivity contribution in [1.82, 2.24) is 14.7 Å². The molecular weight excluding hydrogens is 346 g/mol. The van der Waals surface area contributed by atoms with Gasteiger partial charge in [-0.05, 0) is 30.2 Å². The smallest absolute Gasteiger partial charge is 0.257 e. The van der Waals surface area contributed by atoms with E-state index in [4.69, 9.17) is 11.6 Å². The molecule has 0 saturated carbocycles. The van der Waals surface area contributed by atoms with E-state index in [0.29, 0.717) is 23.7 Å². The summed E-state index contributed by atoms with van der Waals surface area (Å²) in [5.41, 5.74) is 2.56. The van der Waals surface area contributed by atoms with E-state index in [-0.39, 0.29) is 5.91 Å². The molecule has 0 bridgehead atoms. The summed E-state index contributed by atoms with van der Waals surface area (Å²) in [5, 5.41) is 4.92. The molecule has 0 unspecified atom stereocenters. The van der Waals surface area contributed by atoms with Crippen LogP contribution < -0.4 is 0 Å². The van der Waals surface area contributed by atoms with Gasteiger partial charge in [-0.1, -0.05) is 54.1 Å². The standard InChI is InChI=1S/C21H20ClN3O/c1-2-12-24(13-11-17-7-4-3-5-8-17)21(26)18-15-23-25(16-18)20-10-6-9-19(22)14-20/h2-10,14-16H,1,11-13H2. The van der Waals surface area contributed by atoms with Crippen molar-refractivity contribution in [2.75, 3.05) is 13.1 Å². The van der Waals surface area contributed by atoms with Crippen molar-refractivity contribution in [2.24, 2.45) is 0 Å². The fraction of sp³-hybridized carbons (Fsp3) is 0.143. The van der Waals surface area contributed by atoms with Crippen molar-refractivity contribution in [3.05, 3.63) is 95.8 Å². The first-order valence-electron chi connectivity index (χ1n) is 8.42. The number of carbonyl (C=O) groups excluding carboxylic acids is 1. The highest BCUT2D eigenvalue weighted by Gasteiger charge is 2.17. The average Bonchev–Trinajstić information content (AvgIpc) is 3.16. The summed E-state index contributed by atoms with van der Waals surface area (Å²) >= 11 is 6.03. The number of aromatic nitrogens is 2. The van der Waals surface area contributed by atoms with Gasteiger partial charge in [-0.3, -0.25) is 4.79 Å². The summed E-state index contributed by atoms with van der Waals surface area (Å²) in [6, 6.07) is 17.5. The quantitative estimate of drug-likeness (QED) is 0.582. The maximum Gasteiger partial charge on any atom is 0.257 e. The van der Waals surface area contributed by atoms with Crippen LogP contribution in [0.2, 0.25) is 5.02 Å². The number of rotatable bonds is 7. The van der Waals surface area contributed by atoms with Gasteiger partial charge in [-0.15, -0.1) is 6.58 Å². The Hall–Kier alpha value is -2.85. The van der Waals surface area contributed by atoms with E-state index in [1.807, 2.05) is 30.3 Å².